The quantitative estimate of drug-likeness (QED) is 0.569. The van der Waals surface area contributed by atoms with E-state index < -0.39 is 11.1 Å². The van der Waals surface area contributed by atoms with E-state index in [4.69, 9.17) is 23.2 Å². The molecule has 33 heavy (non-hydrogen) atoms. The number of nitrogens with zero attached hydrogens (tertiary/aromatic N) is 1. The molecule has 7 heteroatoms. The van der Waals surface area contributed by atoms with Crippen molar-refractivity contribution in [2.75, 3.05) is 11.9 Å². The number of nitrogens with one attached hydrogen (secondary N) is 2. The number of carbonyl (C=O) groups is 2. The summed E-state index contributed by atoms with van der Waals surface area (Å²) in [6.45, 7) is 4.09. The summed E-state index contributed by atoms with van der Waals surface area (Å²) >= 11 is 13.0. The van der Waals surface area contributed by atoms with Gasteiger partial charge in [0, 0.05) is 33.8 Å². The first-order valence-corrected chi connectivity index (χ1v) is 12.4. The van der Waals surface area contributed by atoms with E-state index in [1.807, 2.05) is 44.2 Å². The summed E-state index contributed by atoms with van der Waals surface area (Å²) in [5.74, 6) is -0.211. The molecule has 1 spiro atoms. The lowest BCUT2D eigenvalue weighted by Crippen LogP contribution is -2.59. The molecular formula is C26H29Cl2N3O2. The molecular weight excluding hydrogens is 457 g/mol. The van der Waals surface area contributed by atoms with Gasteiger partial charge in [0.1, 0.15) is 5.54 Å². The van der Waals surface area contributed by atoms with E-state index in [0.29, 0.717) is 16.5 Å². The number of benzene rings is 2. The Morgan fingerprint density at radius 3 is 2.55 bits per heavy atom. The van der Waals surface area contributed by atoms with Crippen molar-refractivity contribution in [3.8, 4) is 0 Å². The number of amides is 2. The average Bonchev–Trinajstić information content (AvgIpc) is 3.04. The molecule has 1 unspecified atom stereocenters. The fourth-order valence-electron chi connectivity index (χ4n) is 6.16. The monoisotopic (exact) mass is 485 g/mol. The highest BCUT2D eigenvalue weighted by atomic mass is 35.5. The molecule has 1 saturated carbocycles. The van der Waals surface area contributed by atoms with E-state index in [0.717, 1.165) is 48.1 Å². The van der Waals surface area contributed by atoms with Crippen LogP contribution in [-0.2, 0) is 27.1 Å². The Hall–Kier alpha value is -2.08. The number of anilines is 1. The van der Waals surface area contributed by atoms with Crippen LogP contribution in [0.3, 0.4) is 0 Å². The van der Waals surface area contributed by atoms with Gasteiger partial charge in [0.05, 0.1) is 12.1 Å². The highest BCUT2D eigenvalue weighted by Gasteiger charge is 2.55. The van der Waals surface area contributed by atoms with Crippen molar-refractivity contribution in [3.63, 3.8) is 0 Å². The Morgan fingerprint density at radius 1 is 1.03 bits per heavy atom. The maximum Gasteiger partial charge on any atom is 0.249 e. The molecule has 5 rings (SSSR count). The largest absolute Gasteiger partial charge is 0.346 e. The Bertz CT molecular complexity index is 1130. The Kier molecular flexibility index (Phi) is 5.71. The molecule has 0 radical (unpaired) electrons. The number of hydrogen-bond donors (Lipinski definition) is 2. The predicted molar refractivity (Wildman–Crippen MR) is 132 cm³/mol. The van der Waals surface area contributed by atoms with Gasteiger partial charge in [0.2, 0.25) is 11.8 Å². The Morgan fingerprint density at radius 2 is 1.79 bits per heavy atom. The fraction of sp³-hybridized carbons (Fsp3) is 0.462. The maximum atomic E-state index is 14.0. The van der Waals surface area contributed by atoms with Crippen LogP contribution in [0.2, 0.25) is 10.0 Å². The lowest BCUT2D eigenvalue weighted by molar-refractivity contribution is -0.135. The molecule has 2 N–H and O–H groups in total. The molecule has 5 nitrogen and oxygen atoms in total. The third kappa shape index (κ3) is 3.74. The van der Waals surface area contributed by atoms with Crippen LogP contribution >= 0.6 is 23.2 Å². The van der Waals surface area contributed by atoms with E-state index in [2.05, 4.69) is 15.5 Å². The van der Waals surface area contributed by atoms with Crippen molar-refractivity contribution in [2.24, 2.45) is 0 Å². The van der Waals surface area contributed by atoms with Gasteiger partial charge < -0.3 is 10.6 Å². The molecule has 1 aliphatic carbocycles. The summed E-state index contributed by atoms with van der Waals surface area (Å²) in [5.41, 5.74) is 1.73. The van der Waals surface area contributed by atoms with Gasteiger partial charge >= 0.3 is 0 Å². The van der Waals surface area contributed by atoms with E-state index in [9.17, 15) is 9.59 Å². The fourth-order valence-corrected chi connectivity index (χ4v) is 6.76. The summed E-state index contributed by atoms with van der Waals surface area (Å²) < 4.78 is 0. The summed E-state index contributed by atoms with van der Waals surface area (Å²) in [7, 11) is 0. The van der Waals surface area contributed by atoms with Gasteiger partial charge in [-0.25, -0.2) is 0 Å². The van der Waals surface area contributed by atoms with Crippen molar-refractivity contribution in [3.05, 3.63) is 63.1 Å². The maximum absolute atomic E-state index is 14.0. The highest BCUT2D eigenvalue weighted by Crippen LogP contribution is 2.48. The minimum atomic E-state index is -1.01. The van der Waals surface area contributed by atoms with Crippen molar-refractivity contribution in [2.45, 2.75) is 69.5 Å². The van der Waals surface area contributed by atoms with Crippen LogP contribution in [0, 0.1) is 0 Å². The minimum absolute atomic E-state index is 0.104. The Balaban J connectivity index is 1.77. The Labute approximate surface area is 204 Å². The van der Waals surface area contributed by atoms with Gasteiger partial charge in [-0.2, -0.15) is 0 Å². The zero-order valence-electron chi connectivity index (χ0n) is 19.0. The van der Waals surface area contributed by atoms with E-state index in [1.165, 1.54) is 6.42 Å². The standard InChI is InChI=1S/C26H29Cl2N3O2/c1-25(2)23-16(7-6-10-20(23)28)14-26(19-12-11-17(27)13-21(19)29-24(26)33)31(15-22(32)30-25)18-8-4-3-5-9-18/h6-7,10-13,18H,3-5,8-9,14-15H2,1-2H3,(H,29,33)(H,30,32). The lowest BCUT2D eigenvalue weighted by atomic mass is 9.77. The molecule has 0 bridgehead atoms. The second kappa shape index (κ2) is 8.30. The molecule has 2 aromatic rings. The van der Waals surface area contributed by atoms with Crippen molar-refractivity contribution in [1.82, 2.24) is 10.2 Å². The average molecular weight is 486 g/mol. The topological polar surface area (TPSA) is 61.4 Å². The minimum Gasteiger partial charge on any atom is -0.346 e. The zero-order chi connectivity index (χ0) is 23.4. The van der Waals surface area contributed by atoms with Gasteiger partial charge in [-0.3, -0.25) is 14.5 Å². The van der Waals surface area contributed by atoms with E-state index >= 15 is 0 Å². The van der Waals surface area contributed by atoms with Gasteiger partial charge in [-0.15, -0.1) is 0 Å². The van der Waals surface area contributed by atoms with Gasteiger partial charge in [0.15, 0.2) is 0 Å². The number of halogens is 2. The van der Waals surface area contributed by atoms with Crippen LogP contribution in [0.15, 0.2) is 36.4 Å². The first-order chi connectivity index (χ1) is 15.7. The van der Waals surface area contributed by atoms with E-state index in [1.54, 1.807) is 6.07 Å². The highest BCUT2D eigenvalue weighted by molar-refractivity contribution is 6.32. The van der Waals surface area contributed by atoms with Crippen molar-refractivity contribution in [1.29, 1.82) is 0 Å². The summed E-state index contributed by atoms with van der Waals surface area (Å²) in [6, 6.07) is 11.5. The first kappa shape index (κ1) is 22.7. The van der Waals surface area contributed by atoms with Gasteiger partial charge in [-0.05, 0) is 56.0 Å². The second-order valence-electron chi connectivity index (χ2n) is 10.0. The molecule has 0 saturated heterocycles. The third-order valence-corrected chi connectivity index (χ3v) is 8.04. The lowest BCUT2D eigenvalue weighted by Gasteiger charge is -2.45. The van der Waals surface area contributed by atoms with Gasteiger partial charge in [0.25, 0.3) is 0 Å². The van der Waals surface area contributed by atoms with Crippen molar-refractivity contribution < 1.29 is 9.59 Å². The van der Waals surface area contributed by atoms with Crippen molar-refractivity contribution >= 4 is 40.7 Å². The number of fused-ring (bicyclic) bond motifs is 3. The summed E-state index contributed by atoms with van der Waals surface area (Å²) in [6.07, 6.45) is 5.75. The van der Waals surface area contributed by atoms with Crippen LogP contribution < -0.4 is 10.6 Å². The third-order valence-electron chi connectivity index (χ3n) is 7.49. The normalized spacial score (nSPS) is 25.5. The van der Waals surface area contributed by atoms with E-state index in [-0.39, 0.29) is 24.4 Å². The molecule has 174 valence electrons. The molecule has 2 aromatic carbocycles. The van der Waals surface area contributed by atoms with Crippen LogP contribution in [-0.4, -0.2) is 29.3 Å². The molecule has 2 aliphatic heterocycles. The molecule has 1 fully saturated rings. The van der Waals surface area contributed by atoms with Crippen LogP contribution in [0.1, 0.15) is 62.6 Å². The number of hydrogen-bond acceptors (Lipinski definition) is 3. The predicted octanol–water partition coefficient (Wildman–Crippen LogP) is 5.38. The number of rotatable bonds is 1. The van der Waals surface area contributed by atoms with Crippen LogP contribution in [0.4, 0.5) is 5.69 Å². The molecule has 0 aromatic heterocycles. The molecule has 3 aliphatic rings. The molecule has 1 atom stereocenters. The molecule has 2 heterocycles. The zero-order valence-corrected chi connectivity index (χ0v) is 20.5. The van der Waals surface area contributed by atoms with Crippen LogP contribution in [0.5, 0.6) is 0 Å². The summed E-state index contributed by atoms with van der Waals surface area (Å²) in [4.78, 5) is 29.6. The number of carbonyl (C=O) groups excluding carboxylic acids is 2. The smallest absolute Gasteiger partial charge is 0.249 e. The van der Waals surface area contributed by atoms with Gasteiger partial charge in [-0.1, -0.05) is 60.7 Å². The van der Waals surface area contributed by atoms with Crippen LogP contribution in [0.25, 0.3) is 0 Å². The molecule has 2 amide bonds. The second-order valence-corrected chi connectivity index (χ2v) is 10.9. The first-order valence-electron chi connectivity index (χ1n) is 11.7. The SMILES string of the molecule is CC1(C)NC(=O)CN(C2CCCCC2)C2(Cc3cccc(Cl)c31)C(=O)Nc1cc(Cl)ccc12. The summed E-state index contributed by atoms with van der Waals surface area (Å²) in [5, 5.41) is 7.45.